The Balaban J connectivity index is 3.77. The Labute approximate surface area is 83.7 Å². The molecule has 80 valence electrons. The van der Waals surface area contributed by atoms with Crippen LogP contribution >= 0.6 is 0 Å². The van der Waals surface area contributed by atoms with Crippen LogP contribution in [0, 0.1) is 5.92 Å². The highest BCUT2D eigenvalue weighted by Crippen LogP contribution is 2.06. The van der Waals surface area contributed by atoms with E-state index >= 15 is 0 Å². The molecule has 0 amide bonds. The lowest BCUT2D eigenvalue weighted by molar-refractivity contribution is 0.215. The Kier molecular flexibility index (Phi) is 6.35. The summed E-state index contributed by atoms with van der Waals surface area (Å²) < 4.78 is 0. The smallest absolute Gasteiger partial charge is 0.00764 e. The summed E-state index contributed by atoms with van der Waals surface area (Å²) in [7, 11) is 2.19. The van der Waals surface area contributed by atoms with Crippen molar-refractivity contribution in [1.82, 2.24) is 10.2 Å². The molecule has 0 rings (SSSR count). The van der Waals surface area contributed by atoms with Gasteiger partial charge >= 0.3 is 0 Å². The third-order valence-electron chi connectivity index (χ3n) is 2.84. The summed E-state index contributed by atoms with van der Waals surface area (Å²) in [4.78, 5) is 2.40. The van der Waals surface area contributed by atoms with E-state index in [0.29, 0.717) is 18.0 Å². The SMILES string of the molecule is CCNC(C)C(C)CN(C)C(C)C. The predicted molar refractivity (Wildman–Crippen MR) is 60.1 cm³/mol. The van der Waals surface area contributed by atoms with Gasteiger partial charge in [-0.15, -0.1) is 0 Å². The number of rotatable bonds is 6. The van der Waals surface area contributed by atoms with Gasteiger partial charge in [0.2, 0.25) is 0 Å². The molecule has 0 aromatic heterocycles. The summed E-state index contributed by atoms with van der Waals surface area (Å²) in [6, 6.07) is 1.27. The fourth-order valence-corrected chi connectivity index (χ4v) is 1.35. The van der Waals surface area contributed by atoms with Crippen molar-refractivity contribution in [3.63, 3.8) is 0 Å². The molecule has 0 aromatic carbocycles. The van der Waals surface area contributed by atoms with Crippen molar-refractivity contribution < 1.29 is 0 Å². The van der Waals surface area contributed by atoms with Gasteiger partial charge in [0.25, 0.3) is 0 Å². The van der Waals surface area contributed by atoms with Crippen LogP contribution in [0.1, 0.15) is 34.6 Å². The largest absolute Gasteiger partial charge is 0.314 e. The highest BCUT2D eigenvalue weighted by Gasteiger charge is 2.14. The minimum absolute atomic E-state index is 0.617. The van der Waals surface area contributed by atoms with Crippen LogP contribution in [0.2, 0.25) is 0 Å². The molecule has 0 aliphatic rings. The molecule has 0 saturated carbocycles. The van der Waals surface area contributed by atoms with E-state index in [0.717, 1.165) is 6.54 Å². The number of hydrogen-bond acceptors (Lipinski definition) is 2. The van der Waals surface area contributed by atoms with E-state index in [9.17, 15) is 0 Å². The lowest BCUT2D eigenvalue weighted by Crippen LogP contribution is -2.40. The van der Waals surface area contributed by atoms with E-state index in [1.54, 1.807) is 0 Å². The van der Waals surface area contributed by atoms with Gasteiger partial charge in [-0.2, -0.15) is 0 Å². The average Bonchev–Trinajstić information content (AvgIpc) is 2.04. The molecular weight excluding hydrogens is 160 g/mol. The van der Waals surface area contributed by atoms with Gasteiger partial charge in [-0.25, -0.2) is 0 Å². The standard InChI is InChI=1S/C11H26N2/c1-7-12-11(5)10(4)8-13(6)9(2)3/h9-12H,7-8H2,1-6H3. The van der Waals surface area contributed by atoms with Crippen LogP contribution in [-0.4, -0.2) is 37.1 Å². The molecule has 2 nitrogen and oxygen atoms in total. The lowest BCUT2D eigenvalue weighted by Gasteiger charge is -2.28. The predicted octanol–water partition coefficient (Wildman–Crippen LogP) is 1.96. The maximum atomic E-state index is 3.46. The number of nitrogens with one attached hydrogen (secondary N) is 1. The Bertz CT molecular complexity index is 123. The van der Waals surface area contributed by atoms with Crippen molar-refractivity contribution in [2.24, 2.45) is 5.92 Å². The zero-order valence-electron chi connectivity index (χ0n) is 10.1. The molecule has 2 unspecified atom stereocenters. The van der Waals surface area contributed by atoms with E-state index in [1.165, 1.54) is 6.54 Å². The quantitative estimate of drug-likeness (QED) is 0.682. The maximum absolute atomic E-state index is 3.46. The van der Waals surface area contributed by atoms with Gasteiger partial charge in [0.1, 0.15) is 0 Å². The second-order valence-electron chi connectivity index (χ2n) is 4.36. The average molecular weight is 186 g/mol. The van der Waals surface area contributed by atoms with E-state index in [2.05, 4.69) is 51.9 Å². The zero-order chi connectivity index (χ0) is 10.4. The summed E-state index contributed by atoms with van der Waals surface area (Å²) in [6.45, 7) is 13.5. The van der Waals surface area contributed by atoms with Gasteiger partial charge in [0.05, 0.1) is 0 Å². The molecule has 0 heterocycles. The fourth-order valence-electron chi connectivity index (χ4n) is 1.35. The molecule has 2 heteroatoms. The minimum atomic E-state index is 0.617. The van der Waals surface area contributed by atoms with Crippen molar-refractivity contribution in [3.05, 3.63) is 0 Å². The Morgan fingerprint density at radius 1 is 1.15 bits per heavy atom. The normalized spacial score (nSPS) is 16.6. The third kappa shape index (κ3) is 5.27. The monoisotopic (exact) mass is 186 g/mol. The van der Waals surface area contributed by atoms with Crippen molar-refractivity contribution in [2.45, 2.75) is 46.7 Å². The topological polar surface area (TPSA) is 15.3 Å². The van der Waals surface area contributed by atoms with E-state index in [-0.39, 0.29) is 0 Å². The van der Waals surface area contributed by atoms with Gasteiger partial charge < -0.3 is 10.2 Å². The van der Waals surface area contributed by atoms with Crippen molar-refractivity contribution >= 4 is 0 Å². The summed E-state index contributed by atoms with van der Waals surface area (Å²) in [5, 5.41) is 3.46. The van der Waals surface area contributed by atoms with Crippen molar-refractivity contribution in [2.75, 3.05) is 20.1 Å². The van der Waals surface area contributed by atoms with E-state index in [4.69, 9.17) is 0 Å². The van der Waals surface area contributed by atoms with Gasteiger partial charge in [-0.1, -0.05) is 13.8 Å². The highest BCUT2D eigenvalue weighted by atomic mass is 15.1. The number of nitrogens with zero attached hydrogens (tertiary/aromatic N) is 1. The number of hydrogen-bond donors (Lipinski definition) is 1. The molecule has 1 N–H and O–H groups in total. The molecule has 0 aliphatic heterocycles. The van der Waals surface area contributed by atoms with Gasteiger partial charge in [0.15, 0.2) is 0 Å². The van der Waals surface area contributed by atoms with Gasteiger partial charge in [-0.05, 0) is 40.3 Å². The Hall–Kier alpha value is -0.0800. The van der Waals surface area contributed by atoms with Gasteiger partial charge in [0, 0.05) is 18.6 Å². The second-order valence-corrected chi connectivity index (χ2v) is 4.36. The molecule has 0 saturated heterocycles. The molecule has 0 bridgehead atoms. The van der Waals surface area contributed by atoms with Crippen LogP contribution in [0.3, 0.4) is 0 Å². The summed E-state index contributed by atoms with van der Waals surface area (Å²) in [5.41, 5.74) is 0. The van der Waals surface area contributed by atoms with Crippen LogP contribution in [0.4, 0.5) is 0 Å². The van der Waals surface area contributed by atoms with Gasteiger partial charge in [-0.3, -0.25) is 0 Å². The summed E-state index contributed by atoms with van der Waals surface area (Å²) >= 11 is 0. The molecular formula is C11H26N2. The van der Waals surface area contributed by atoms with Crippen LogP contribution in [0.15, 0.2) is 0 Å². The summed E-state index contributed by atoms with van der Waals surface area (Å²) in [6.07, 6.45) is 0. The van der Waals surface area contributed by atoms with Crippen LogP contribution in [0.25, 0.3) is 0 Å². The Morgan fingerprint density at radius 3 is 2.08 bits per heavy atom. The molecule has 0 aliphatic carbocycles. The van der Waals surface area contributed by atoms with Crippen molar-refractivity contribution in [3.8, 4) is 0 Å². The maximum Gasteiger partial charge on any atom is 0.00764 e. The molecule has 2 atom stereocenters. The summed E-state index contributed by atoms with van der Waals surface area (Å²) in [5.74, 6) is 0.715. The molecule has 0 fully saturated rings. The molecule has 0 spiro atoms. The van der Waals surface area contributed by atoms with E-state index in [1.807, 2.05) is 0 Å². The van der Waals surface area contributed by atoms with Crippen LogP contribution in [0.5, 0.6) is 0 Å². The zero-order valence-corrected chi connectivity index (χ0v) is 10.1. The molecule has 13 heavy (non-hydrogen) atoms. The van der Waals surface area contributed by atoms with Crippen LogP contribution in [-0.2, 0) is 0 Å². The Morgan fingerprint density at radius 2 is 1.69 bits per heavy atom. The fraction of sp³-hybridized carbons (Fsp3) is 1.00. The third-order valence-corrected chi connectivity index (χ3v) is 2.84. The first-order chi connectivity index (χ1) is 5.99. The first-order valence-electron chi connectivity index (χ1n) is 5.42. The lowest BCUT2D eigenvalue weighted by atomic mass is 10.0. The van der Waals surface area contributed by atoms with Crippen molar-refractivity contribution in [1.29, 1.82) is 0 Å². The first-order valence-corrected chi connectivity index (χ1v) is 5.42. The van der Waals surface area contributed by atoms with Crippen LogP contribution < -0.4 is 5.32 Å². The van der Waals surface area contributed by atoms with E-state index < -0.39 is 0 Å². The molecule has 0 radical (unpaired) electrons. The minimum Gasteiger partial charge on any atom is -0.314 e. The molecule has 0 aromatic rings. The second kappa shape index (κ2) is 6.39. The first kappa shape index (κ1) is 12.9. The highest BCUT2D eigenvalue weighted by molar-refractivity contribution is 4.71.